The van der Waals surface area contributed by atoms with Crippen molar-refractivity contribution in [2.45, 2.75) is 25.6 Å². The summed E-state index contributed by atoms with van der Waals surface area (Å²) in [7, 11) is 0. The summed E-state index contributed by atoms with van der Waals surface area (Å²) in [6, 6.07) is 18.3. The van der Waals surface area contributed by atoms with Crippen molar-refractivity contribution in [3.63, 3.8) is 0 Å². The van der Waals surface area contributed by atoms with E-state index in [1.165, 1.54) is 6.92 Å². The highest BCUT2D eigenvalue weighted by molar-refractivity contribution is 5.89. The van der Waals surface area contributed by atoms with Crippen molar-refractivity contribution in [2.75, 3.05) is 13.2 Å². The number of nitrogens with one attached hydrogen (secondary N) is 1. The molecule has 0 spiro atoms. The Hall–Kier alpha value is -2.92. The van der Waals surface area contributed by atoms with Crippen molar-refractivity contribution in [3.05, 3.63) is 84.4 Å². The molecule has 0 bridgehead atoms. The Morgan fingerprint density at radius 3 is 2.04 bits per heavy atom. The number of ether oxygens (including phenoxy) is 2. The van der Waals surface area contributed by atoms with Gasteiger partial charge in [-0.1, -0.05) is 66.7 Å². The maximum atomic E-state index is 13.3. The van der Waals surface area contributed by atoms with E-state index in [-0.39, 0.29) is 6.61 Å². The number of hydrogen-bond acceptors (Lipinski definition) is 4. The Bertz CT molecular complexity index is 719. The van der Waals surface area contributed by atoms with Gasteiger partial charge in [0.1, 0.15) is 0 Å². The molecule has 5 heteroatoms. The zero-order valence-corrected chi connectivity index (χ0v) is 15.7. The summed E-state index contributed by atoms with van der Waals surface area (Å²) in [6.45, 7) is 7.49. The summed E-state index contributed by atoms with van der Waals surface area (Å²) < 4.78 is 11.5. The predicted molar refractivity (Wildman–Crippen MR) is 104 cm³/mol. The van der Waals surface area contributed by atoms with Crippen LogP contribution in [0.4, 0.5) is 0 Å². The smallest absolute Gasteiger partial charge is 0.348 e. The molecule has 27 heavy (non-hydrogen) atoms. The lowest BCUT2D eigenvalue weighted by Crippen LogP contribution is -2.45. The van der Waals surface area contributed by atoms with Crippen LogP contribution < -0.4 is 5.32 Å². The molecule has 0 unspecified atom stereocenters. The van der Waals surface area contributed by atoms with Gasteiger partial charge in [0.15, 0.2) is 6.10 Å². The van der Waals surface area contributed by atoms with Gasteiger partial charge in [0.2, 0.25) is 5.60 Å². The van der Waals surface area contributed by atoms with Crippen LogP contribution in [0.1, 0.15) is 25.0 Å². The van der Waals surface area contributed by atoms with Crippen LogP contribution in [0.25, 0.3) is 0 Å². The minimum Gasteiger partial charge on any atom is -0.450 e. The van der Waals surface area contributed by atoms with Gasteiger partial charge in [0.05, 0.1) is 0 Å². The van der Waals surface area contributed by atoms with Crippen LogP contribution in [-0.2, 0) is 24.7 Å². The number of benzene rings is 2. The largest absolute Gasteiger partial charge is 0.450 e. The molecule has 0 fully saturated rings. The van der Waals surface area contributed by atoms with Crippen molar-refractivity contribution < 1.29 is 19.1 Å². The fourth-order valence-electron chi connectivity index (χ4n) is 2.80. The van der Waals surface area contributed by atoms with Crippen molar-refractivity contribution in [1.82, 2.24) is 5.32 Å². The molecule has 1 atom stereocenters. The van der Waals surface area contributed by atoms with E-state index in [0.717, 1.165) is 0 Å². The van der Waals surface area contributed by atoms with Crippen LogP contribution in [0.5, 0.6) is 0 Å². The van der Waals surface area contributed by atoms with E-state index in [1.54, 1.807) is 6.08 Å². The minimum atomic E-state index is -1.45. The van der Waals surface area contributed by atoms with E-state index in [1.807, 2.05) is 67.6 Å². The quantitative estimate of drug-likeness (QED) is 0.546. The van der Waals surface area contributed by atoms with Crippen molar-refractivity contribution in [2.24, 2.45) is 0 Å². The Morgan fingerprint density at radius 1 is 1.07 bits per heavy atom. The van der Waals surface area contributed by atoms with Gasteiger partial charge in [0, 0.05) is 13.2 Å². The maximum Gasteiger partial charge on any atom is 0.348 e. The van der Waals surface area contributed by atoms with Gasteiger partial charge in [-0.3, -0.25) is 4.79 Å². The molecule has 5 nitrogen and oxygen atoms in total. The first-order valence-electron chi connectivity index (χ1n) is 8.91. The molecule has 0 radical (unpaired) electrons. The van der Waals surface area contributed by atoms with Gasteiger partial charge in [-0.05, 0) is 25.0 Å². The molecule has 142 valence electrons. The summed E-state index contributed by atoms with van der Waals surface area (Å²) in [5, 5.41) is 2.63. The van der Waals surface area contributed by atoms with Gasteiger partial charge >= 0.3 is 5.97 Å². The van der Waals surface area contributed by atoms with E-state index < -0.39 is 23.6 Å². The first-order chi connectivity index (χ1) is 13.1. The molecular formula is C22H25NO4. The number of hydrogen-bond donors (Lipinski definition) is 1. The lowest BCUT2D eigenvalue weighted by molar-refractivity contribution is -0.175. The molecule has 2 aromatic carbocycles. The topological polar surface area (TPSA) is 64.6 Å². The van der Waals surface area contributed by atoms with Crippen LogP contribution in [0, 0.1) is 0 Å². The zero-order chi connectivity index (χ0) is 19.7. The lowest BCUT2D eigenvalue weighted by atomic mass is 9.86. The Morgan fingerprint density at radius 2 is 1.59 bits per heavy atom. The second-order valence-electron chi connectivity index (χ2n) is 5.93. The highest BCUT2D eigenvalue weighted by Gasteiger charge is 2.45. The zero-order valence-electron chi connectivity index (χ0n) is 15.7. The number of carbonyl (C=O) groups is 2. The van der Waals surface area contributed by atoms with E-state index in [2.05, 4.69) is 11.9 Å². The molecular weight excluding hydrogens is 342 g/mol. The van der Waals surface area contributed by atoms with Crippen molar-refractivity contribution >= 4 is 11.9 Å². The average molecular weight is 367 g/mol. The number of amides is 1. The Kier molecular flexibility index (Phi) is 7.32. The molecule has 0 aromatic heterocycles. The van der Waals surface area contributed by atoms with E-state index >= 15 is 0 Å². The molecule has 0 saturated carbocycles. The Balaban J connectivity index is 2.44. The SMILES string of the molecule is C=CCNC(=O)[C@@H](C)OC(=O)C(OCC)(c1ccccc1)c1ccccc1. The molecule has 1 N–H and O–H groups in total. The van der Waals surface area contributed by atoms with Crippen LogP contribution >= 0.6 is 0 Å². The van der Waals surface area contributed by atoms with Crippen LogP contribution in [0.3, 0.4) is 0 Å². The summed E-state index contributed by atoms with van der Waals surface area (Å²) >= 11 is 0. The number of esters is 1. The van der Waals surface area contributed by atoms with Crippen molar-refractivity contribution in [3.8, 4) is 0 Å². The number of rotatable bonds is 9. The first kappa shape index (κ1) is 20.4. The molecule has 1 amide bonds. The molecule has 0 heterocycles. The third-order valence-corrected chi connectivity index (χ3v) is 4.08. The molecule has 0 aliphatic carbocycles. The standard InChI is InChI=1S/C22H25NO4/c1-4-16-23-20(24)17(3)27-21(25)22(26-5-2,18-12-8-6-9-13-18)19-14-10-7-11-15-19/h4,6-15,17H,1,5,16H2,2-3H3,(H,23,24)/t17-/m1/s1. The third kappa shape index (κ3) is 4.63. The van der Waals surface area contributed by atoms with Gasteiger partial charge < -0.3 is 14.8 Å². The van der Waals surface area contributed by atoms with E-state index in [9.17, 15) is 9.59 Å². The second-order valence-corrected chi connectivity index (χ2v) is 5.93. The highest BCUT2D eigenvalue weighted by Crippen LogP contribution is 2.35. The summed E-state index contributed by atoms with van der Waals surface area (Å²) in [5.41, 5.74) is -0.173. The molecule has 0 aliphatic rings. The third-order valence-electron chi connectivity index (χ3n) is 4.08. The summed E-state index contributed by atoms with van der Waals surface area (Å²) in [5.74, 6) is -1.03. The fraction of sp³-hybridized carbons (Fsp3) is 0.273. The molecule has 2 aromatic rings. The highest BCUT2D eigenvalue weighted by atomic mass is 16.6. The second kappa shape index (κ2) is 9.69. The van der Waals surface area contributed by atoms with Gasteiger partial charge in [-0.15, -0.1) is 6.58 Å². The Labute approximate surface area is 160 Å². The molecule has 2 rings (SSSR count). The fourth-order valence-corrected chi connectivity index (χ4v) is 2.80. The van der Waals surface area contributed by atoms with Crippen LogP contribution in [-0.4, -0.2) is 31.1 Å². The van der Waals surface area contributed by atoms with Crippen LogP contribution in [0.15, 0.2) is 73.3 Å². The normalized spacial score (nSPS) is 12.1. The summed E-state index contributed by atoms with van der Waals surface area (Å²) in [4.78, 5) is 25.4. The van der Waals surface area contributed by atoms with Gasteiger partial charge in [-0.25, -0.2) is 4.79 Å². The van der Waals surface area contributed by atoms with E-state index in [0.29, 0.717) is 17.7 Å². The van der Waals surface area contributed by atoms with Gasteiger partial charge in [-0.2, -0.15) is 0 Å². The first-order valence-corrected chi connectivity index (χ1v) is 8.91. The van der Waals surface area contributed by atoms with Crippen molar-refractivity contribution in [1.29, 1.82) is 0 Å². The van der Waals surface area contributed by atoms with Gasteiger partial charge in [0.25, 0.3) is 5.91 Å². The lowest BCUT2D eigenvalue weighted by Gasteiger charge is -2.33. The molecule has 0 aliphatic heterocycles. The van der Waals surface area contributed by atoms with Crippen LogP contribution in [0.2, 0.25) is 0 Å². The predicted octanol–water partition coefficient (Wildman–Crippen LogP) is 3.20. The monoisotopic (exact) mass is 367 g/mol. The minimum absolute atomic E-state index is 0.288. The van der Waals surface area contributed by atoms with E-state index in [4.69, 9.17) is 9.47 Å². The maximum absolute atomic E-state index is 13.3. The summed E-state index contributed by atoms with van der Waals surface area (Å²) in [6.07, 6.45) is 0.593. The molecule has 0 saturated heterocycles. The average Bonchev–Trinajstić information content (AvgIpc) is 2.71. The number of carbonyl (C=O) groups excluding carboxylic acids is 2.